The molecule has 3 amide bonds. The highest BCUT2D eigenvalue weighted by molar-refractivity contribution is 5.87. The lowest BCUT2D eigenvalue weighted by atomic mass is 10.0. The quantitative estimate of drug-likeness (QED) is 0.619. The first-order valence-electron chi connectivity index (χ1n) is 8.90. The molecule has 2 N–H and O–H groups in total. The van der Waals surface area contributed by atoms with Crippen LogP contribution in [0.1, 0.15) is 40.5 Å². The van der Waals surface area contributed by atoms with Crippen LogP contribution >= 0.6 is 0 Å². The van der Waals surface area contributed by atoms with Crippen LogP contribution in [-0.2, 0) is 14.4 Å². The molecule has 1 fully saturated rings. The summed E-state index contributed by atoms with van der Waals surface area (Å²) in [5.41, 5.74) is 0. The van der Waals surface area contributed by atoms with E-state index in [9.17, 15) is 14.4 Å². The zero-order valence-corrected chi connectivity index (χ0v) is 15.4. The van der Waals surface area contributed by atoms with Crippen molar-refractivity contribution in [3.63, 3.8) is 0 Å². The first-order valence-corrected chi connectivity index (χ1v) is 8.90. The van der Waals surface area contributed by atoms with Crippen molar-refractivity contribution in [2.45, 2.75) is 46.6 Å². The molecule has 0 saturated carbocycles. The van der Waals surface area contributed by atoms with Gasteiger partial charge in [-0.1, -0.05) is 27.2 Å². The number of amides is 3. The van der Waals surface area contributed by atoms with E-state index in [1.165, 1.54) is 6.92 Å². The van der Waals surface area contributed by atoms with Crippen LogP contribution in [0, 0.1) is 5.92 Å². The van der Waals surface area contributed by atoms with Crippen molar-refractivity contribution < 1.29 is 14.4 Å². The molecule has 138 valence electrons. The molecule has 1 unspecified atom stereocenters. The molecule has 1 aliphatic rings. The second kappa shape index (κ2) is 10.3. The van der Waals surface area contributed by atoms with Gasteiger partial charge < -0.3 is 15.5 Å². The number of piperazine rings is 1. The predicted molar refractivity (Wildman–Crippen MR) is 93.4 cm³/mol. The number of unbranched alkanes of at least 4 members (excludes halogenated alkanes) is 1. The fraction of sp³-hybridized carbons (Fsp3) is 0.824. The summed E-state index contributed by atoms with van der Waals surface area (Å²) in [6.45, 7) is 11.0. The Morgan fingerprint density at radius 1 is 1.08 bits per heavy atom. The lowest BCUT2D eigenvalue weighted by Crippen LogP contribution is -2.57. The molecule has 0 aliphatic carbocycles. The smallest absolute Gasteiger partial charge is 0.245 e. The molecule has 1 aliphatic heterocycles. The van der Waals surface area contributed by atoms with Crippen LogP contribution in [0.15, 0.2) is 0 Å². The van der Waals surface area contributed by atoms with E-state index in [0.29, 0.717) is 32.7 Å². The van der Waals surface area contributed by atoms with Crippen molar-refractivity contribution in [3.05, 3.63) is 0 Å². The maximum atomic E-state index is 12.6. The maximum Gasteiger partial charge on any atom is 0.245 e. The molecule has 1 rings (SSSR count). The number of hydrogen-bond donors (Lipinski definition) is 2. The van der Waals surface area contributed by atoms with Crippen LogP contribution < -0.4 is 10.6 Å². The molecule has 0 aromatic rings. The minimum Gasteiger partial charge on any atom is -0.355 e. The monoisotopic (exact) mass is 340 g/mol. The van der Waals surface area contributed by atoms with Crippen molar-refractivity contribution in [2.24, 2.45) is 5.92 Å². The Hall–Kier alpha value is -1.63. The van der Waals surface area contributed by atoms with Gasteiger partial charge in [-0.15, -0.1) is 0 Å². The van der Waals surface area contributed by atoms with Crippen LogP contribution in [0.4, 0.5) is 0 Å². The zero-order valence-electron chi connectivity index (χ0n) is 15.4. The number of hydrogen-bond acceptors (Lipinski definition) is 4. The number of carbonyl (C=O) groups excluding carboxylic acids is 3. The normalized spacial score (nSPS) is 16.8. The van der Waals surface area contributed by atoms with Crippen molar-refractivity contribution in [3.8, 4) is 0 Å². The molecule has 0 aromatic heterocycles. The Labute approximate surface area is 145 Å². The molecular formula is C17H32N4O3. The van der Waals surface area contributed by atoms with E-state index in [2.05, 4.69) is 22.5 Å². The van der Waals surface area contributed by atoms with Crippen molar-refractivity contribution in [2.75, 3.05) is 39.3 Å². The van der Waals surface area contributed by atoms with Crippen LogP contribution in [-0.4, -0.2) is 72.8 Å². The summed E-state index contributed by atoms with van der Waals surface area (Å²) in [6.07, 6.45) is 2.06. The Morgan fingerprint density at radius 3 is 2.21 bits per heavy atom. The van der Waals surface area contributed by atoms with E-state index in [-0.39, 0.29) is 23.6 Å². The average Bonchev–Trinajstić information content (AvgIpc) is 2.52. The highest BCUT2D eigenvalue weighted by atomic mass is 16.2. The van der Waals surface area contributed by atoms with Crippen LogP contribution in [0.2, 0.25) is 0 Å². The van der Waals surface area contributed by atoms with Gasteiger partial charge in [0.15, 0.2) is 0 Å². The molecule has 0 spiro atoms. The molecule has 1 heterocycles. The lowest BCUT2D eigenvalue weighted by Gasteiger charge is -2.36. The molecule has 7 heteroatoms. The molecule has 24 heavy (non-hydrogen) atoms. The molecule has 0 aromatic carbocycles. The van der Waals surface area contributed by atoms with Crippen LogP contribution in [0.25, 0.3) is 0 Å². The predicted octanol–water partition coefficient (Wildman–Crippen LogP) is 0.208. The van der Waals surface area contributed by atoms with Crippen LogP contribution in [0.5, 0.6) is 0 Å². The standard InChI is InChI=1S/C17H32N4O3/c1-5-6-7-18-15(23)12-20-8-10-21(11-9-20)17(24)16(13(2)3)19-14(4)22/h13,16H,5-12H2,1-4H3,(H,18,23)(H,19,22). The zero-order chi connectivity index (χ0) is 18.1. The average molecular weight is 340 g/mol. The van der Waals surface area contributed by atoms with E-state index in [1.807, 2.05) is 13.8 Å². The second-order valence-corrected chi connectivity index (χ2v) is 6.73. The first kappa shape index (κ1) is 20.4. The summed E-state index contributed by atoms with van der Waals surface area (Å²) in [5.74, 6) is -0.137. The summed E-state index contributed by atoms with van der Waals surface area (Å²) in [6, 6.07) is -0.480. The van der Waals surface area contributed by atoms with E-state index in [1.54, 1.807) is 4.90 Å². The summed E-state index contributed by atoms with van der Waals surface area (Å²) < 4.78 is 0. The van der Waals surface area contributed by atoms with Crippen molar-refractivity contribution >= 4 is 17.7 Å². The van der Waals surface area contributed by atoms with E-state index in [4.69, 9.17) is 0 Å². The van der Waals surface area contributed by atoms with Crippen molar-refractivity contribution in [1.82, 2.24) is 20.4 Å². The lowest BCUT2D eigenvalue weighted by molar-refractivity contribution is -0.139. The van der Waals surface area contributed by atoms with Gasteiger partial charge in [-0.05, 0) is 12.3 Å². The van der Waals surface area contributed by atoms with Gasteiger partial charge in [-0.3, -0.25) is 19.3 Å². The Bertz CT molecular complexity index is 432. The Morgan fingerprint density at radius 2 is 1.71 bits per heavy atom. The largest absolute Gasteiger partial charge is 0.355 e. The van der Waals surface area contributed by atoms with Gasteiger partial charge in [0.2, 0.25) is 17.7 Å². The van der Waals surface area contributed by atoms with Gasteiger partial charge in [0.1, 0.15) is 6.04 Å². The fourth-order valence-electron chi connectivity index (χ4n) is 2.72. The Kier molecular flexibility index (Phi) is 8.74. The fourth-order valence-corrected chi connectivity index (χ4v) is 2.72. The SMILES string of the molecule is CCCCNC(=O)CN1CCN(C(=O)C(NC(C)=O)C(C)C)CC1. The van der Waals surface area contributed by atoms with Gasteiger partial charge >= 0.3 is 0 Å². The van der Waals surface area contributed by atoms with E-state index < -0.39 is 6.04 Å². The molecule has 0 bridgehead atoms. The van der Waals surface area contributed by atoms with E-state index in [0.717, 1.165) is 19.4 Å². The third-order valence-electron chi connectivity index (χ3n) is 4.20. The van der Waals surface area contributed by atoms with Gasteiger partial charge in [0.25, 0.3) is 0 Å². The number of nitrogens with one attached hydrogen (secondary N) is 2. The maximum absolute atomic E-state index is 12.6. The molecule has 7 nitrogen and oxygen atoms in total. The third-order valence-corrected chi connectivity index (χ3v) is 4.20. The number of nitrogens with zero attached hydrogens (tertiary/aromatic N) is 2. The first-order chi connectivity index (χ1) is 11.3. The number of rotatable bonds is 8. The van der Waals surface area contributed by atoms with Gasteiger partial charge in [-0.2, -0.15) is 0 Å². The second-order valence-electron chi connectivity index (χ2n) is 6.73. The topological polar surface area (TPSA) is 81.8 Å². The third kappa shape index (κ3) is 6.86. The van der Waals surface area contributed by atoms with Gasteiger partial charge in [-0.25, -0.2) is 0 Å². The number of carbonyl (C=O) groups is 3. The highest BCUT2D eigenvalue weighted by Gasteiger charge is 2.30. The molecular weight excluding hydrogens is 308 g/mol. The summed E-state index contributed by atoms with van der Waals surface area (Å²) in [4.78, 5) is 39.6. The summed E-state index contributed by atoms with van der Waals surface area (Å²) >= 11 is 0. The molecule has 0 radical (unpaired) electrons. The van der Waals surface area contributed by atoms with Crippen molar-refractivity contribution in [1.29, 1.82) is 0 Å². The summed E-state index contributed by atoms with van der Waals surface area (Å²) in [7, 11) is 0. The highest BCUT2D eigenvalue weighted by Crippen LogP contribution is 2.09. The van der Waals surface area contributed by atoms with Crippen LogP contribution in [0.3, 0.4) is 0 Å². The van der Waals surface area contributed by atoms with E-state index >= 15 is 0 Å². The minimum absolute atomic E-state index is 0.0350. The van der Waals surface area contributed by atoms with Gasteiger partial charge in [0, 0.05) is 39.6 Å². The Balaban J connectivity index is 2.42. The van der Waals surface area contributed by atoms with Gasteiger partial charge in [0.05, 0.1) is 6.54 Å². The molecule has 1 saturated heterocycles. The summed E-state index contributed by atoms with van der Waals surface area (Å²) in [5, 5.41) is 5.65. The minimum atomic E-state index is -0.480. The molecule has 1 atom stereocenters.